The Kier molecular flexibility index (Phi) is 3.74. The van der Waals surface area contributed by atoms with Crippen LogP contribution in [-0.2, 0) is 10.9 Å². The van der Waals surface area contributed by atoms with Gasteiger partial charge in [0.2, 0.25) is 0 Å². The van der Waals surface area contributed by atoms with E-state index in [0.717, 1.165) is 25.4 Å². The van der Waals surface area contributed by atoms with Gasteiger partial charge >= 0.3 is 12.1 Å². The normalized spacial score (nSPS) is 11.2. The van der Waals surface area contributed by atoms with Crippen molar-refractivity contribution >= 4 is 11.8 Å². The third-order valence-electron chi connectivity index (χ3n) is 2.54. The molecule has 0 amide bonds. The van der Waals surface area contributed by atoms with Crippen LogP contribution < -0.4 is 5.73 Å². The average Bonchev–Trinajstić information content (AvgIpc) is 2.46. The summed E-state index contributed by atoms with van der Waals surface area (Å²) in [6, 6.07) is 2.01. The van der Waals surface area contributed by atoms with Crippen LogP contribution in [-0.4, -0.2) is 28.0 Å². The van der Waals surface area contributed by atoms with Crippen LogP contribution in [0.3, 0.4) is 0 Å². The summed E-state index contributed by atoms with van der Waals surface area (Å²) in [4.78, 5) is 22.5. The summed E-state index contributed by atoms with van der Waals surface area (Å²) in [5.41, 5.74) is 3.43. The molecule has 110 valence electrons. The molecule has 2 rings (SSSR count). The molecule has 2 aromatic rings. The van der Waals surface area contributed by atoms with Crippen LogP contribution in [0.15, 0.2) is 24.5 Å². The number of rotatable bonds is 2. The zero-order chi connectivity index (χ0) is 15.6. The lowest BCUT2D eigenvalue weighted by Gasteiger charge is -2.11. The van der Waals surface area contributed by atoms with E-state index in [0.29, 0.717) is 0 Å². The number of hydrogen-bond donors (Lipinski definition) is 1. The molecule has 0 radical (unpaired) electrons. The minimum Gasteiger partial charge on any atom is -0.464 e. The maximum absolute atomic E-state index is 12.9. The predicted octanol–water partition coefficient (Wildman–Crippen LogP) is 1.93. The van der Waals surface area contributed by atoms with Gasteiger partial charge in [-0.2, -0.15) is 13.2 Å². The van der Waals surface area contributed by atoms with Crippen LogP contribution in [0.4, 0.5) is 19.0 Å². The number of methoxy groups -OCH3 is 1. The number of aromatic nitrogens is 3. The number of pyridine rings is 1. The number of nitrogens with zero attached hydrogens (tertiary/aromatic N) is 3. The smallest absolute Gasteiger partial charge is 0.418 e. The Morgan fingerprint density at radius 1 is 1.33 bits per heavy atom. The van der Waals surface area contributed by atoms with E-state index in [1.54, 1.807) is 0 Å². The second-order valence-electron chi connectivity index (χ2n) is 3.88. The van der Waals surface area contributed by atoms with Crippen LogP contribution >= 0.6 is 0 Å². The molecular formula is C12H9F3N4O2. The third-order valence-corrected chi connectivity index (χ3v) is 2.54. The Morgan fingerprint density at radius 3 is 2.67 bits per heavy atom. The summed E-state index contributed by atoms with van der Waals surface area (Å²) in [7, 11) is 1.10. The van der Waals surface area contributed by atoms with Crippen molar-refractivity contribution in [2.45, 2.75) is 6.18 Å². The van der Waals surface area contributed by atoms with E-state index in [1.807, 2.05) is 0 Å². The second kappa shape index (κ2) is 5.35. The molecule has 0 bridgehead atoms. The van der Waals surface area contributed by atoms with Gasteiger partial charge in [0.1, 0.15) is 11.4 Å². The number of carbonyl (C=O) groups is 1. The number of halogens is 3. The summed E-state index contributed by atoms with van der Waals surface area (Å²) in [5, 5.41) is 0. The van der Waals surface area contributed by atoms with Gasteiger partial charge in [-0.25, -0.2) is 14.8 Å². The molecular weight excluding hydrogens is 289 g/mol. The highest BCUT2D eigenvalue weighted by Gasteiger charge is 2.35. The van der Waals surface area contributed by atoms with Crippen molar-refractivity contribution in [3.8, 4) is 11.4 Å². The van der Waals surface area contributed by atoms with Gasteiger partial charge in [0.15, 0.2) is 11.5 Å². The maximum Gasteiger partial charge on any atom is 0.418 e. The van der Waals surface area contributed by atoms with Gasteiger partial charge in [0, 0.05) is 6.20 Å². The molecule has 0 aliphatic carbocycles. The van der Waals surface area contributed by atoms with Gasteiger partial charge < -0.3 is 10.5 Å². The molecule has 0 saturated carbocycles. The topological polar surface area (TPSA) is 91.0 Å². The quantitative estimate of drug-likeness (QED) is 0.852. The summed E-state index contributed by atoms with van der Waals surface area (Å²) < 4.78 is 43.2. The van der Waals surface area contributed by atoms with Crippen LogP contribution in [0, 0.1) is 0 Å². The van der Waals surface area contributed by atoms with E-state index >= 15 is 0 Å². The van der Waals surface area contributed by atoms with Crippen molar-refractivity contribution in [1.82, 2.24) is 15.0 Å². The predicted molar refractivity (Wildman–Crippen MR) is 66.0 cm³/mol. The molecule has 0 aliphatic heterocycles. The van der Waals surface area contributed by atoms with E-state index in [2.05, 4.69) is 19.7 Å². The van der Waals surface area contributed by atoms with E-state index in [9.17, 15) is 18.0 Å². The molecule has 2 heterocycles. The Labute approximate surface area is 116 Å². The van der Waals surface area contributed by atoms with Crippen molar-refractivity contribution < 1.29 is 22.7 Å². The van der Waals surface area contributed by atoms with Crippen LogP contribution in [0.1, 0.15) is 16.1 Å². The molecule has 0 atom stereocenters. The molecule has 0 unspecified atom stereocenters. The van der Waals surface area contributed by atoms with E-state index in [-0.39, 0.29) is 17.2 Å². The SMILES string of the molecule is COC(=O)c1nc(-c2ncccc2C(F)(F)F)cnc1N. The molecule has 9 heteroatoms. The zero-order valence-electron chi connectivity index (χ0n) is 10.7. The summed E-state index contributed by atoms with van der Waals surface area (Å²) >= 11 is 0. The second-order valence-corrected chi connectivity index (χ2v) is 3.88. The number of esters is 1. The van der Waals surface area contributed by atoms with Crippen molar-refractivity contribution in [1.29, 1.82) is 0 Å². The first-order valence-electron chi connectivity index (χ1n) is 5.58. The first-order valence-corrected chi connectivity index (χ1v) is 5.58. The standard InChI is InChI=1S/C12H9F3N4O2/c1-21-11(20)9-10(16)18-5-7(19-9)8-6(12(13,14)15)3-2-4-17-8/h2-5H,1H3,(H2,16,18). The number of alkyl halides is 3. The fraction of sp³-hybridized carbons (Fsp3) is 0.167. The Morgan fingerprint density at radius 2 is 2.05 bits per heavy atom. The van der Waals surface area contributed by atoms with Gasteiger partial charge in [-0.15, -0.1) is 0 Å². The average molecular weight is 298 g/mol. The fourth-order valence-electron chi connectivity index (χ4n) is 1.60. The number of ether oxygens (including phenoxy) is 1. The number of anilines is 1. The van der Waals surface area contributed by atoms with Crippen LogP contribution in [0.2, 0.25) is 0 Å². The minimum atomic E-state index is -4.61. The van der Waals surface area contributed by atoms with Gasteiger partial charge in [0.25, 0.3) is 0 Å². The van der Waals surface area contributed by atoms with Crippen LogP contribution in [0.25, 0.3) is 11.4 Å². The molecule has 0 aliphatic rings. The molecule has 6 nitrogen and oxygen atoms in total. The van der Waals surface area contributed by atoms with Crippen molar-refractivity contribution in [2.75, 3.05) is 12.8 Å². The number of hydrogen-bond acceptors (Lipinski definition) is 6. The van der Waals surface area contributed by atoms with Gasteiger partial charge in [0.05, 0.1) is 18.9 Å². The first kappa shape index (κ1) is 14.7. The van der Waals surface area contributed by atoms with E-state index in [1.165, 1.54) is 6.20 Å². The monoisotopic (exact) mass is 298 g/mol. The molecule has 0 fully saturated rings. The molecule has 0 aromatic carbocycles. The largest absolute Gasteiger partial charge is 0.464 e. The van der Waals surface area contributed by atoms with Crippen molar-refractivity contribution in [2.24, 2.45) is 0 Å². The first-order chi connectivity index (χ1) is 9.84. The van der Waals surface area contributed by atoms with E-state index < -0.39 is 23.4 Å². The molecule has 0 saturated heterocycles. The number of carbonyl (C=O) groups excluding carboxylic acids is 1. The Bertz CT molecular complexity index is 688. The lowest BCUT2D eigenvalue weighted by atomic mass is 10.1. The highest BCUT2D eigenvalue weighted by molar-refractivity contribution is 5.92. The molecule has 0 spiro atoms. The highest BCUT2D eigenvalue weighted by Crippen LogP contribution is 2.35. The van der Waals surface area contributed by atoms with Crippen LogP contribution in [0.5, 0.6) is 0 Å². The Hall–Kier alpha value is -2.71. The Balaban J connectivity index is 2.61. The fourth-order valence-corrected chi connectivity index (χ4v) is 1.60. The summed E-state index contributed by atoms with van der Waals surface area (Å²) in [6.45, 7) is 0. The molecule has 2 N–H and O–H groups in total. The lowest BCUT2D eigenvalue weighted by molar-refractivity contribution is -0.137. The number of nitrogen functional groups attached to an aromatic ring is 1. The van der Waals surface area contributed by atoms with Crippen molar-refractivity contribution in [3.05, 3.63) is 35.8 Å². The van der Waals surface area contributed by atoms with E-state index in [4.69, 9.17) is 5.73 Å². The van der Waals surface area contributed by atoms with Crippen molar-refractivity contribution in [3.63, 3.8) is 0 Å². The minimum absolute atomic E-state index is 0.225. The summed E-state index contributed by atoms with van der Waals surface area (Å²) in [6.07, 6.45) is -2.42. The molecule has 21 heavy (non-hydrogen) atoms. The maximum atomic E-state index is 12.9. The molecule has 2 aromatic heterocycles. The number of nitrogens with two attached hydrogens (primary N) is 1. The zero-order valence-corrected chi connectivity index (χ0v) is 10.7. The lowest BCUT2D eigenvalue weighted by Crippen LogP contribution is -2.13. The van der Waals surface area contributed by atoms with Gasteiger partial charge in [-0.05, 0) is 12.1 Å². The summed E-state index contributed by atoms with van der Waals surface area (Å²) in [5.74, 6) is -1.14. The highest BCUT2D eigenvalue weighted by atomic mass is 19.4. The van der Waals surface area contributed by atoms with Gasteiger partial charge in [-0.3, -0.25) is 4.98 Å². The van der Waals surface area contributed by atoms with Gasteiger partial charge in [-0.1, -0.05) is 0 Å². The third kappa shape index (κ3) is 2.91.